The lowest BCUT2D eigenvalue weighted by Gasteiger charge is -2.33. The molecule has 31 heavy (non-hydrogen) atoms. The number of aliphatic hydroxyl groups excluding tert-OH is 1. The van der Waals surface area contributed by atoms with Crippen molar-refractivity contribution in [2.45, 2.75) is 25.0 Å². The number of aromatic nitrogens is 2. The largest absolute Gasteiger partial charge is 0.495 e. The summed E-state index contributed by atoms with van der Waals surface area (Å²) in [7, 11) is 1.63. The highest BCUT2D eigenvalue weighted by Gasteiger charge is 2.22. The number of aliphatic hydroxyl groups is 1. The highest BCUT2D eigenvalue weighted by atomic mass is 16.5. The molecule has 3 aromatic rings. The first-order valence-electron chi connectivity index (χ1n) is 10.9. The fraction of sp³-hybridized carbons (Fsp3) is 0.360. The van der Waals surface area contributed by atoms with Crippen molar-refractivity contribution < 1.29 is 9.84 Å². The summed E-state index contributed by atoms with van der Waals surface area (Å²) in [5, 5.41) is 15.5. The van der Waals surface area contributed by atoms with Crippen LogP contribution in [0.3, 0.4) is 0 Å². The predicted octanol–water partition coefficient (Wildman–Crippen LogP) is 3.44. The monoisotopic (exact) mass is 418 g/mol. The third-order valence-corrected chi connectivity index (χ3v) is 5.85. The minimum absolute atomic E-state index is 0.507. The summed E-state index contributed by atoms with van der Waals surface area (Å²) in [5.74, 6) is 0.705. The van der Waals surface area contributed by atoms with Crippen molar-refractivity contribution in [3.8, 4) is 5.75 Å². The van der Waals surface area contributed by atoms with Crippen LogP contribution in [0.1, 0.15) is 30.2 Å². The van der Waals surface area contributed by atoms with Gasteiger partial charge in [0, 0.05) is 30.7 Å². The fourth-order valence-electron chi connectivity index (χ4n) is 4.11. The molecule has 0 bridgehead atoms. The van der Waals surface area contributed by atoms with Crippen LogP contribution < -0.4 is 10.1 Å². The number of nitrogens with one attached hydrogen (secondary N) is 1. The average Bonchev–Trinajstić information content (AvgIpc) is 2.82. The van der Waals surface area contributed by atoms with Crippen LogP contribution in [-0.4, -0.2) is 59.3 Å². The molecule has 2 aromatic heterocycles. The summed E-state index contributed by atoms with van der Waals surface area (Å²) < 4.78 is 5.31. The zero-order valence-electron chi connectivity index (χ0n) is 17.9. The number of pyridine rings is 2. The second kappa shape index (κ2) is 10.5. The molecule has 3 heterocycles. The molecule has 0 aliphatic carbocycles. The van der Waals surface area contributed by atoms with Gasteiger partial charge in [0.1, 0.15) is 5.75 Å². The van der Waals surface area contributed by atoms with Crippen molar-refractivity contribution in [3.05, 3.63) is 72.2 Å². The Morgan fingerprint density at radius 3 is 2.84 bits per heavy atom. The van der Waals surface area contributed by atoms with Gasteiger partial charge in [0.25, 0.3) is 0 Å². The van der Waals surface area contributed by atoms with Crippen LogP contribution in [0.4, 0.5) is 0 Å². The van der Waals surface area contributed by atoms with Crippen LogP contribution in [0, 0.1) is 0 Å². The van der Waals surface area contributed by atoms with E-state index in [1.165, 1.54) is 0 Å². The Morgan fingerprint density at radius 2 is 2.06 bits per heavy atom. The first-order chi connectivity index (χ1) is 15.2. The Kier molecular flexibility index (Phi) is 7.25. The van der Waals surface area contributed by atoms with Crippen molar-refractivity contribution in [2.75, 3.05) is 33.3 Å². The van der Waals surface area contributed by atoms with E-state index >= 15 is 0 Å². The van der Waals surface area contributed by atoms with Gasteiger partial charge in [-0.2, -0.15) is 0 Å². The van der Waals surface area contributed by atoms with Crippen molar-refractivity contribution >= 4 is 17.0 Å². The molecule has 6 heteroatoms. The number of nitrogens with zero attached hydrogens (tertiary/aromatic N) is 3. The smallest absolute Gasteiger partial charge is 0.137 e. The molecular weight excluding hydrogens is 388 g/mol. The second-order valence-corrected chi connectivity index (χ2v) is 7.94. The SMILES string of the molecule is COc1cnc2cccc(C(O)CN3CCC(NC/C=C/c4ccccn4)CC3)c2c1. The number of methoxy groups -OCH3 is 1. The number of likely N-dealkylation sites (tertiary alicyclic amines) is 1. The third kappa shape index (κ3) is 5.67. The summed E-state index contributed by atoms with van der Waals surface area (Å²) in [6, 6.07) is 14.3. The van der Waals surface area contributed by atoms with E-state index < -0.39 is 6.10 Å². The molecule has 0 spiro atoms. The first-order valence-corrected chi connectivity index (χ1v) is 10.9. The first kappa shape index (κ1) is 21.4. The lowest BCUT2D eigenvalue weighted by molar-refractivity contribution is 0.0955. The van der Waals surface area contributed by atoms with Gasteiger partial charge in [0.15, 0.2) is 0 Å². The molecule has 6 nitrogen and oxygen atoms in total. The molecule has 1 unspecified atom stereocenters. The van der Waals surface area contributed by atoms with E-state index in [0.717, 1.165) is 54.6 Å². The number of ether oxygens (including phenoxy) is 1. The number of hydrogen-bond acceptors (Lipinski definition) is 6. The van der Waals surface area contributed by atoms with Crippen LogP contribution in [0.2, 0.25) is 0 Å². The van der Waals surface area contributed by atoms with Crippen LogP contribution >= 0.6 is 0 Å². The number of fused-ring (bicyclic) bond motifs is 1. The molecular formula is C25H30N4O2. The fourth-order valence-corrected chi connectivity index (χ4v) is 4.11. The maximum absolute atomic E-state index is 10.9. The summed E-state index contributed by atoms with van der Waals surface area (Å²) in [5.41, 5.74) is 2.76. The number of hydrogen-bond donors (Lipinski definition) is 2. The average molecular weight is 419 g/mol. The number of β-amino-alcohol motifs (C(OH)–C–C–N with tert-alkyl or cyclic N) is 1. The summed E-state index contributed by atoms with van der Waals surface area (Å²) in [6.07, 6.45) is 9.30. The van der Waals surface area contributed by atoms with Gasteiger partial charge in [-0.25, -0.2) is 0 Å². The van der Waals surface area contributed by atoms with Gasteiger partial charge in [-0.3, -0.25) is 9.97 Å². The van der Waals surface area contributed by atoms with E-state index in [-0.39, 0.29) is 0 Å². The molecule has 2 N–H and O–H groups in total. The van der Waals surface area contributed by atoms with E-state index in [4.69, 9.17) is 4.74 Å². The minimum atomic E-state index is -0.552. The Morgan fingerprint density at radius 1 is 1.19 bits per heavy atom. The van der Waals surface area contributed by atoms with E-state index in [0.29, 0.717) is 18.3 Å². The lowest BCUT2D eigenvalue weighted by Crippen LogP contribution is -2.43. The Bertz CT molecular complexity index is 1000. The third-order valence-electron chi connectivity index (χ3n) is 5.85. The Labute approximate surface area is 183 Å². The summed E-state index contributed by atoms with van der Waals surface area (Å²) in [6.45, 7) is 3.42. The molecule has 0 saturated carbocycles. The van der Waals surface area contributed by atoms with Gasteiger partial charge in [0.2, 0.25) is 0 Å². The zero-order valence-corrected chi connectivity index (χ0v) is 17.9. The highest BCUT2D eigenvalue weighted by Crippen LogP contribution is 2.27. The van der Waals surface area contributed by atoms with Crippen LogP contribution in [0.15, 0.2) is 60.9 Å². The Hall–Kier alpha value is -2.80. The molecule has 1 fully saturated rings. The molecule has 1 aliphatic heterocycles. The van der Waals surface area contributed by atoms with Crippen molar-refractivity contribution in [3.63, 3.8) is 0 Å². The van der Waals surface area contributed by atoms with E-state index in [1.54, 1.807) is 13.3 Å². The Balaban J connectivity index is 1.27. The van der Waals surface area contributed by atoms with Crippen molar-refractivity contribution in [1.82, 2.24) is 20.2 Å². The van der Waals surface area contributed by atoms with Crippen molar-refractivity contribution in [2.24, 2.45) is 0 Å². The maximum atomic E-state index is 10.9. The van der Waals surface area contributed by atoms with Crippen molar-refractivity contribution in [1.29, 1.82) is 0 Å². The molecule has 1 saturated heterocycles. The number of benzene rings is 1. The standard InChI is InChI=1S/C25H30N4O2/c1-31-21-16-23-22(8-4-9-24(23)28-17-21)25(30)18-29-14-10-20(11-15-29)27-13-5-7-19-6-2-3-12-26-19/h2-9,12,16-17,20,25,27,30H,10-11,13-15,18H2,1H3/b7-5+. The molecule has 1 aromatic carbocycles. The van der Waals surface area contributed by atoms with Gasteiger partial charge >= 0.3 is 0 Å². The number of rotatable bonds is 8. The van der Waals surface area contributed by atoms with Crippen LogP contribution in [-0.2, 0) is 0 Å². The second-order valence-electron chi connectivity index (χ2n) is 7.94. The van der Waals surface area contributed by atoms with Crippen LogP contribution in [0.25, 0.3) is 17.0 Å². The van der Waals surface area contributed by atoms with E-state index in [1.807, 2.05) is 54.7 Å². The zero-order chi connectivity index (χ0) is 21.5. The van der Waals surface area contributed by atoms with Gasteiger partial charge in [0.05, 0.1) is 30.6 Å². The molecule has 1 atom stereocenters. The molecule has 162 valence electrons. The van der Waals surface area contributed by atoms with E-state index in [2.05, 4.69) is 26.3 Å². The quantitative estimate of drug-likeness (QED) is 0.584. The number of piperidine rings is 1. The predicted molar refractivity (Wildman–Crippen MR) is 124 cm³/mol. The normalized spacial score (nSPS) is 16.7. The molecule has 4 rings (SSSR count). The topological polar surface area (TPSA) is 70.5 Å². The molecule has 0 radical (unpaired) electrons. The summed E-state index contributed by atoms with van der Waals surface area (Å²) in [4.78, 5) is 11.1. The van der Waals surface area contributed by atoms with Crippen LogP contribution in [0.5, 0.6) is 5.75 Å². The lowest BCUT2D eigenvalue weighted by atomic mass is 10.0. The van der Waals surface area contributed by atoms with Gasteiger partial charge in [-0.1, -0.05) is 24.3 Å². The minimum Gasteiger partial charge on any atom is -0.495 e. The molecule has 0 amide bonds. The van der Waals surface area contributed by atoms with Gasteiger partial charge in [-0.15, -0.1) is 0 Å². The van der Waals surface area contributed by atoms with E-state index in [9.17, 15) is 5.11 Å². The highest BCUT2D eigenvalue weighted by molar-refractivity contribution is 5.83. The molecule has 1 aliphatic rings. The summed E-state index contributed by atoms with van der Waals surface area (Å²) >= 11 is 0. The van der Waals surface area contributed by atoms with Gasteiger partial charge < -0.3 is 20.1 Å². The maximum Gasteiger partial charge on any atom is 0.137 e. The van der Waals surface area contributed by atoms with Gasteiger partial charge in [-0.05, 0) is 61.8 Å².